The van der Waals surface area contributed by atoms with E-state index in [2.05, 4.69) is 10.7 Å². The van der Waals surface area contributed by atoms with Gasteiger partial charge in [-0.15, -0.1) is 11.3 Å². The average molecular weight is 335 g/mol. The number of urea groups is 1. The molecule has 1 saturated heterocycles. The molecule has 0 atom stereocenters. The fourth-order valence-corrected chi connectivity index (χ4v) is 4.03. The van der Waals surface area contributed by atoms with E-state index in [0.29, 0.717) is 25.7 Å². The highest BCUT2D eigenvalue weighted by Gasteiger charge is 2.52. The summed E-state index contributed by atoms with van der Waals surface area (Å²) in [5.74, 6) is -0.605. The molecule has 1 spiro atoms. The SMILES string of the molecule is O=C(CCCc1cccs1)NN1C(=O)NC2(CCCCC2)C1=O. The number of hydrogen-bond donors (Lipinski definition) is 2. The monoisotopic (exact) mass is 335 g/mol. The number of carbonyl (C=O) groups is 3. The molecule has 2 heterocycles. The van der Waals surface area contributed by atoms with Crippen LogP contribution in [0.4, 0.5) is 4.79 Å². The lowest BCUT2D eigenvalue weighted by Gasteiger charge is -2.30. The molecule has 1 aromatic heterocycles. The maximum Gasteiger partial charge on any atom is 0.344 e. The predicted octanol–water partition coefficient (Wildman–Crippen LogP) is 2.36. The highest BCUT2D eigenvalue weighted by atomic mass is 32.1. The van der Waals surface area contributed by atoms with E-state index in [4.69, 9.17) is 0 Å². The second-order valence-electron chi connectivity index (χ2n) is 6.18. The van der Waals surface area contributed by atoms with Gasteiger partial charge in [0.25, 0.3) is 5.91 Å². The Morgan fingerprint density at radius 1 is 1.30 bits per heavy atom. The normalized spacial score (nSPS) is 19.9. The summed E-state index contributed by atoms with van der Waals surface area (Å²) in [7, 11) is 0. The Morgan fingerprint density at radius 2 is 2.09 bits per heavy atom. The number of thiophene rings is 1. The lowest BCUT2D eigenvalue weighted by molar-refractivity contribution is -0.139. The summed E-state index contributed by atoms with van der Waals surface area (Å²) in [4.78, 5) is 37.8. The maximum absolute atomic E-state index is 12.5. The maximum atomic E-state index is 12.5. The number of hydrogen-bond acceptors (Lipinski definition) is 4. The average Bonchev–Trinajstić information content (AvgIpc) is 3.12. The van der Waals surface area contributed by atoms with Crippen LogP contribution in [0.25, 0.3) is 0 Å². The topological polar surface area (TPSA) is 78.5 Å². The zero-order valence-corrected chi connectivity index (χ0v) is 13.8. The van der Waals surface area contributed by atoms with Gasteiger partial charge < -0.3 is 5.32 Å². The minimum Gasteiger partial charge on any atom is -0.322 e. The molecule has 1 aromatic rings. The van der Waals surface area contributed by atoms with Crippen molar-refractivity contribution in [2.75, 3.05) is 0 Å². The first-order valence-corrected chi connectivity index (χ1v) is 8.97. The van der Waals surface area contributed by atoms with E-state index in [1.165, 1.54) is 4.88 Å². The molecule has 6 nitrogen and oxygen atoms in total. The first kappa shape index (κ1) is 16.0. The second kappa shape index (κ2) is 6.70. The van der Waals surface area contributed by atoms with Crippen molar-refractivity contribution in [2.45, 2.75) is 56.9 Å². The molecule has 0 radical (unpaired) electrons. The Bertz CT molecular complexity index is 594. The van der Waals surface area contributed by atoms with Gasteiger partial charge in [-0.05, 0) is 37.1 Å². The molecule has 0 unspecified atom stereocenters. The summed E-state index contributed by atoms with van der Waals surface area (Å²) >= 11 is 1.66. The third-order valence-corrected chi connectivity index (χ3v) is 5.45. The van der Waals surface area contributed by atoms with E-state index in [1.54, 1.807) is 11.3 Å². The number of rotatable bonds is 5. The van der Waals surface area contributed by atoms with E-state index < -0.39 is 11.6 Å². The molecular weight excluding hydrogens is 314 g/mol. The summed E-state index contributed by atoms with van der Waals surface area (Å²) in [6, 6.07) is 3.51. The van der Waals surface area contributed by atoms with Gasteiger partial charge in [0.1, 0.15) is 5.54 Å². The van der Waals surface area contributed by atoms with Crippen molar-refractivity contribution in [3.05, 3.63) is 22.4 Å². The van der Waals surface area contributed by atoms with E-state index in [0.717, 1.165) is 30.7 Å². The van der Waals surface area contributed by atoms with Crippen molar-refractivity contribution in [3.8, 4) is 0 Å². The molecule has 1 aliphatic carbocycles. The van der Waals surface area contributed by atoms with E-state index in [9.17, 15) is 14.4 Å². The minimum atomic E-state index is -0.792. The van der Waals surface area contributed by atoms with Crippen LogP contribution in [-0.4, -0.2) is 28.4 Å². The smallest absolute Gasteiger partial charge is 0.322 e. The first-order valence-electron chi connectivity index (χ1n) is 8.09. The number of nitrogens with one attached hydrogen (secondary N) is 2. The number of carbonyl (C=O) groups excluding carboxylic acids is 3. The van der Waals surface area contributed by atoms with Crippen LogP contribution in [0.1, 0.15) is 49.8 Å². The molecule has 0 bridgehead atoms. The van der Waals surface area contributed by atoms with Crippen LogP contribution in [0, 0.1) is 0 Å². The predicted molar refractivity (Wildman–Crippen MR) is 86.6 cm³/mol. The largest absolute Gasteiger partial charge is 0.344 e. The standard InChI is InChI=1S/C16H21N3O3S/c20-13(8-4-6-12-7-5-11-23-12)18-19-14(21)16(17-15(19)22)9-2-1-3-10-16/h5,7,11H,1-4,6,8-10H2,(H,17,22)(H,18,20). The molecule has 2 aliphatic rings. The minimum absolute atomic E-state index is 0.294. The molecule has 1 aliphatic heterocycles. The second-order valence-corrected chi connectivity index (χ2v) is 7.21. The zero-order valence-electron chi connectivity index (χ0n) is 13.0. The lowest BCUT2D eigenvalue weighted by atomic mass is 9.82. The third-order valence-electron chi connectivity index (χ3n) is 4.51. The summed E-state index contributed by atoms with van der Waals surface area (Å²) in [5, 5.41) is 5.66. The van der Waals surface area contributed by atoms with Crippen LogP contribution in [0.3, 0.4) is 0 Å². The quantitative estimate of drug-likeness (QED) is 0.811. The van der Waals surface area contributed by atoms with Gasteiger partial charge in [0.05, 0.1) is 0 Å². The highest BCUT2D eigenvalue weighted by molar-refractivity contribution is 7.09. The number of nitrogens with zero attached hydrogens (tertiary/aromatic N) is 1. The summed E-state index contributed by atoms with van der Waals surface area (Å²) in [6.07, 6.45) is 6.06. The van der Waals surface area contributed by atoms with Gasteiger partial charge in [-0.1, -0.05) is 25.3 Å². The summed E-state index contributed by atoms with van der Waals surface area (Å²) in [5.41, 5.74) is 1.67. The summed E-state index contributed by atoms with van der Waals surface area (Å²) < 4.78 is 0. The van der Waals surface area contributed by atoms with Crippen LogP contribution in [0.15, 0.2) is 17.5 Å². The van der Waals surface area contributed by atoms with Crippen molar-refractivity contribution in [3.63, 3.8) is 0 Å². The van der Waals surface area contributed by atoms with Crippen LogP contribution in [0.5, 0.6) is 0 Å². The Kier molecular flexibility index (Phi) is 4.66. The van der Waals surface area contributed by atoms with Crippen molar-refractivity contribution in [1.29, 1.82) is 0 Å². The molecule has 0 aromatic carbocycles. The molecule has 23 heavy (non-hydrogen) atoms. The zero-order chi connectivity index (χ0) is 16.3. The number of aryl methyl sites for hydroxylation is 1. The van der Waals surface area contributed by atoms with E-state index in [-0.39, 0.29) is 11.8 Å². The van der Waals surface area contributed by atoms with Gasteiger partial charge in [-0.2, -0.15) is 5.01 Å². The molecule has 1 saturated carbocycles. The third kappa shape index (κ3) is 3.39. The van der Waals surface area contributed by atoms with Crippen molar-refractivity contribution >= 4 is 29.2 Å². The van der Waals surface area contributed by atoms with Gasteiger partial charge >= 0.3 is 6.03 Å². The fourth-order valence-electron chi connectivity index (χ4n) is 3.27. The number of imide groups is 1. The Labute approximate surface area is 139 Å². The molecule has 4 amide bonds. The van der Waals surface area contributed by atoms with Crippen molar-refractivity contribution in [2.24, 2.45) is 0 Å². The molecule has 2 N–H and O–H groups in total. The number of hydrazine groups is 1. The van der Waals surface area contributed by atoms with E-state index in [1.807, 2.05) is 17.5 Å². The first-order chi connectivity index (χ1) is 11.1. The van der Waals surface area contributed by atoms with Crippen LogP contribution < -0.4 is 10.7 Å². The van der Waals surface area contributed by atoms with Gasteiger partial charge in [0, 0.05) is 11.3 Å². The fraction of sp³-hybridized carbons (Fsp3) is 0.562. The van der Waals surface area contributed by atoms with Gasteiger partial charge in [-0.3, -0.25) is 15.0 Å². The van der Waals surface area contributed by atoms with Crippen molar-refractivity contribution < 1.29 is 14.4 Å². The Hall–Kier alpha value is -1.89. The molecule has 7 heteroatoms. The molecule has 3 rings (SSSR count). The highest BCUT2D eigenvalue weighted by Crippen LogP contribution is 2.33. The van der Waals surface area contributed by atoms with Crippen LogP contribution in [-0.2, 0) is 16.0 Å². The van der Waals surface area contributed by atoms with Crippen molar-refractivity contribution in [1.82, 2.24) is 15.8 Å². The Morgan fingerprint density at radius 3 is 2.78 bits per heavy atom. The molecule has 2 fully saturated rings. The van der Waals surface area contributed by atoms with Crippen LogP contribution in [0.2, 0.25) is 0 Å². The van der Waals surface area contributed by atoms with Gasteiger partial charge in [-0.25, -0.2) is 4.79 Å². The number of amides is 4. The summed E-state index contributed by atoms with van der Waals surface area (Å²) in [6.45, 7) is 0. The Balaban J connectivity index is 1.51. The lowest BCUT2D eigenvalue weighted by Crippen LogP contribution is -2.50. The van der Waals surface area contributed by atoms with E-state index >= 15 is 0 Å². The van der Waals surface area contributed by atoms with Crippen LogP contribution >= 0.6 is 11.3 Å². The molecule has 124 valence electrons. The van der Waals surface area contributed by atoms with Gasteiger partial charge in [0.15, 0.2) is 0 Å². The molecular formula is C16H21N3O3S. The van der Waals surface area contributed by atoms with Gasteiger partial charge in [0.2, 0.25) is 5.91 Å².